The Morgan fingerprint density at radius 1 is 1.39 bits per heavy atom. The van der Waals surface area contributed by atoms with E-state index in [2.05, 4.69) is 15.5 Å². The molecule has 0 aliphatic heterocycles. The Morgan fingerprint density at radius 3 is 2.78 bits per heavy atom. The Kier molecular flexibility index (Phi) is 3.27. The number of aromatic amines is 1. The quantitative estimate of drug-likeness (QED) is 0.641. The fraction of sp³-hybridized carbons (Fsp3) is 0.250. The molecule has 0 spiro atoms. The van der Waals surface area contributed by atoms with E-state index in [0.29, 0.717) is 12.1 Å². The molecule has 2 rings (SSSR count). The lowest BCUT2D eigenvalue weighted by atomic mass is 10.1. The molecule has 0 saturated carbocycles. The molecular formula is C12H14N4O2. The summed E-state index contributed by atoms with van der Waals surface area (Å²) in [6.45, 7) is 4.19. The van der Waals surface area contributed by atoms with E-state index in [-0.39, 0.29) is 10.6 Å². The van der Waals surface area contributed by atoms with Gasteiger partial charge in [0.25, 0.3) is 5.69 Å². The summed E-state index contributed by atoms with van der Waals surface area (Å²) in [6, 6.07) is 5.26. The Bertz CT molecular complexity index is 564. The van der Waals surface area contributed by atoms with Gasteiger partial charge >= 0.3 is 0 Å². The van der Waals surface area contributed by atoms with Gasteiger partial charge in [-0.15, -0.1) is 0 Å². The lowest BCUT2D eigenvalue weighted by Crippen LogP contribution is -2.03. The number of anilines is 1. The van der Waals surface area contributed by atoms with Gasteiger partial charge in [0, 0.05) is 23.5 Å². The molecule has 0 aliphatic carbocycles. The number of hydrogen-bond acceptors (Lipinski definition) is 4. The summed E-state index contributed by atoms with van der Waals surface area (Å²) in [7, 11) is 0. The van der Waals surface area contributed by atoms with Crippen LogP contribution in [0.2, 0.25) is 0 Å². The molecule has 0 aliphatic rings. The molecule has 0 atom stereocenters. The summed E-state index contributed by atoms with van der Waals surface area (Å²) in [5, 5.41) is 20.7. The fourth-order valence-electron chi connectivity index (χ4n) is 1.76. The second kappa shape index (κ2) is 4.87. The highest BCUT2D eigenvalue weighted by atomic mass is 16.6. The first-order valence-electron chi connectivity index (χ1n) is 5.55. The van der Waals surface area contributed by atoms with E-state index < -0.39 is 0 Å². The third-order valence-electron chi connectivity index (χ3n) is 2.77. The second-order valence-electron chi connectivity index (χ2n) is 4.15. The molecule has 6 heteroatoms. The second-order valence-corrected chi connectivity index (χ2v) is 4.15. The summed E-state index contributed by atoms with van der Waals surface area (Å²) in [4.78, 5) is 10.4. The van der Waals surface area contributed by atoms with Gasteiger partial charge in [-0.05, 0) is 31.5 Å². The highest BCUT2D eigenvalue weighted by molar-refractivity contribution is 5.59. The fourth-order valence-corrected chi connectivity index (χ4v) is 1.76. The number of nitrogens with one attached hydrogen (secondary N) is 2. The summed E-state index contributed by atoms with van der Waals surface area (Å²) in [5.74, 6) is 0. The smallest absolute Gasteiger partial charge is 0.272 e. The maximum absolute atomic E-state index is 10.8. The van der Waals surface area contributed by atoms with Crippen molar-refractivity contribution in [2.45, 2.75) is 20.4 Å². The van der Waals surface area contributed by atoms with Crippen molar-refractivity contribution in [2.75, 3.05) is 5.32 Å². The predicted octanol–water partition coefficient (Wildman–Crippen LogP) is 2.55. The van der Waals surface area contributed by atoms with Gasteiger partial charge in [0.2, 0.25) is 0 Å². The zero-order valence-corrected chi connectivity index (χ0v) is 10.2. The van der Waals surface area contributed by atoms with Crippen LogP contribution in [0.5, 0.6) is 0 Å². The third-order valence-corrected chi connectivity index (χ3v) is 2.77. The number of nitrogens with zero attached hydrogens (tertiary/aromatic N) is 2. The molecule has 2 N–H and O–H groups in total. The average Bonchev–Trinajstić information content (AvgIpc) is 2.82. The van der Waals surface area contributed by atoms with Crippen LogP contribution in [0.4, 0.5) is 11.4 Å². The first-order chi connectivity index (χ1) is 8.58. The Labute approximate surface area is 104 Å². The van der Waals surface area contributed by atoms with E-state index in [1.807, 2.05) is 13.0 Å². The standard InChI is InChI=1S/C12H14N4O2/c1-8-6-12(16(17)18)9(2)5-11(8)13-7-10-3-4-14-15-10/h3-6,13H,7H2,1-2H3,(H,14,15). The highest BCUT2D eigenvalue weighted by Crippen LogP contribution is 2.26. The van der Waals surface area contributed by atoms with Gasteiger partial charge < -0.3 is 5.32 Å². The van der Waals surface area contributed by atoms with Crippen LogP contribution in [0.15, 0.2) is 24.4 Å². The first kappa shape index (κ1) is 12.1. The number of nitro benzene ring substituents is 1. The molecule has 0 unspecified atom stereocenters. The van der Waals surface area contributed by atoms with Crippen LogP contribution >= 0.6 is 0 Å². The van der Waals surface area contributed by atoms with Gasteiger partial charge in [-0.25, -0.2) is 0 Å². The number of H-pyrrole nitrogens is 1. The molecule has 0 radical (unpaired) electrons. The van der Waals surface area contributed by atoms with Crippen molar-refractivity contribution < 1.29 is 4.92 Å². The Balaban J connectivity index is 2.19. The molecule has 2 aromatic rings. The van der Waals surface area contributed by atoms with Gasteiger partial charge in [0.05, 0.1) is 17.2 Å². The first-order valence-corrected chi connectivity index (χ1v) is 5.55. The SMILES string of the molecule is Cc1cc([N+](=O)[O-])c(C)cc1NCc1ccn[nH]1. The molecule has 0 bridgehead atoms. The maximum Gasteiger partial charge on any atom is 0.272 e. The van der Waals surface area contributed by atoms with Crippen molar-refractivity contribution in [2.24, 2.45) is 0 Å². The minimum Gasteiger partial charge on any atom is -0.379 e. The molecule has 1 heterocycles. The number of nitro groups is 1. The molecular weight excluding hydrogens is 232 g/mol. The van der Waals surface area contributed by atoms with E-state index >= 15 is 0 Å². The van der Waals surface area contributed by atoms with Crippen molar-refractivity contribution in [3.63, 3.8) is 0 Å². The molecule has 18 heavy (non-hydrogen) atoms. The Morgan fingerprint density at radius 2 is 2.17 bits per heavy atom. The molecule has 1 aromatic carbocycles. The summed E-state index contributed by atoms with van der Waals surface area (Å²) in [5.41, 5.74) is 3.52. The average molecular weight is 246 g/mol. The Hall–Kier alpha value is -2.37. The summed E-state index contributed by atoms with van der Waals surface area (Å²) >= 11 is 0. The monoisotopic (exact) mass is 246 g/mol. The number of hydrogen-bond donors (Lipinski definition) is 2. The molecule has 0 saturated heterocycles. The van der Waals surface area contributed by atoms with Crippen LogP contribution in [0.3, 0.4) is 0 Å². The minimum atomic E-state index is -0.360. The largest absolute Gasteiger partial charge is 0.379 e. The van der Waals surface area contributed by atoms with Crippen molar-refractivity contribution in [1.29, 1.82) is 0 Å². The zero-order chi connectivity index (χ0) is 13.1. The van der Waals surface area contributed by atoms with E-state index in [1.165, 1.54) is 0 Å². The number of benzene rings is 1. The topological polar surface area (TPSA) is 83.8 Å². The van der Waals surface area contributed by atoms with E-state index in [0.717, 1.165) is 16.9 Å². The van der Waals surface area contributed by atoms with Crippen molar-refractivity contribution >= 4 is 11.4 Å². The van der Waals surface area contributed by atoms with Gasteiger partial charge in [0.15, 0.2) is 0 Å². The van der Waals surface area contributed by atoms with E-state index in [9.17, 15) is 10.1 Å². The molecule has 94 valence electrons. The summed E-state index contributed by atoms with van der Waals surface area (Å²) in [6.07, 6.45) is 1.69. The molecule has 0 fully saturated rings. The van der Waals surface area contributed by atoms with Crippen LogP contribution < -0.4 is 5.32 Å². The van der Waals surface area contributed by atoms with E-state index in [4.69, 9.17) is 0 Å². The van der Waals surface area contributed by atoms with Gasteiger partial charge in [0.1, 0.15) is 0 Å². The zero-order valence-electron chi connectivity index (χ0n) is 10.2. The molecule has 0 amide bonds. The van der Waals surface area contributed by atoms with Crippen molar-refractivity contribution in [3.8, 4) is 0 Å². The molecule has 6 nitrogen and oxygen atoms in total. The van der Waals surface area contributed by atoms with Crippen LogP contribution in [0.25, 0.3) is 0 Å². The normalized spacial score (nSPS) is 10.3. The van der Waals surface area contributed by atoms with Crippen LogP contribution in [-0.2, 0) is 6.54 Å². The van der Waals surface area contributed by atoms with Crippen LogP contribution in [-0.4, -0.2) is 15.1 Å². The van der Waals surface area contributed by atoms with Crippen molar-refractivity contribution in [1.82, 2.24) is 10.2 Å². The lowest BCUT2D eigenvalue weighted by Gasteiger charge is -2.09. The van der Waals surface area contributed by atoms with Crippen molar-refractivity contribution in [3.05, 3.63) is 51.3 Å². The van der Waals surface area contributed by atoms with E-state index in [1.54, 1.807) is 25.3 Å². The minimum absolute atomic E-state index is 0.152. The molecule has 1 aromatic heterocycles. The maximum atomic E-state index is 10.8. The van der Waals surface area contributed by atoms with Crippen LogP contribution in [0.1, 0.15) is 16.8 Å². The van der Waals surface area contributed by atoms with Crippen LogP contribution in [0, 0.1) is 24.0 Å². The highest BCUT2D eigenvalue weighted by Gasteiger charge is 2.13. The number of aromatic nitrogens is 2. The third kappa shape index (κ3) is 2.48. The summed E-state index contributed by atoms with van der Waals surface area (Å²) < 4.78 is 0. The van der Waals surface area contributed by atoms with Gasteiger partial charge in [-0.1, -0.05) is 0 Å². The van der Waals surface area contributed by atoms with Gasteiger partial charge in [-0.3, -0.25) is 15.2 Å². The number of aryl methyl sites for hydroxylation is 2. The lowest BCUT2D eigenvalue weighted by molar-refractivity contribution is -0.385. The predicted molar refractivity (Wildman–Crippen MR) is 68.5 cm³/mol. The van der Waals surface area contributed by atoms with Gasteiger partial charge in [-0.2, -0.15) is 5.10 Å². The number of rotatable bonds is 4.